The number of nitrogens with one attached hydrogen (secondary N) is 1. The number of imide groups is 1. The van der Waals surface area contributed by atoms with Gasteiger partial charge in [0.15, 0.2) is 11.5 Å². The van der Waals surface area contributed by atoms with Crippen LogP contribution in [-0.4, -0.2) is 42.7 Å². The molecule has 0 atom stereocenters. The zero-order chi connectivity index (χ0) is 27.2. The number of methoxy groups -OCH3 is 2. The lowest BCUT2D eigenvalue weighted by molar-refractivity contribution is -0.127. The number of carbonyl (C=O) groups excluding carboxylic acids is 3. The molecule has 0 unspecified atom stereocenters. The summed E-state index contributed by atoms with van der Waals surface area (Å²) in [6, 6.07) is 17.9. The second kappa shape index (κ2) is 12.5. The number of hydrogen-bond acceptors (Lipinski definition) is 7. The number of ether oxygens (including phenoxy) is 3. The average Bonchev–Trinajstić information content (AvgIpc) is 3.16. The van der Waals surface area contributed by atoms with Crippen LogP contribution in [0.2, 0.25) is 5.02 Å². The molecule has 1 N–H and O–H groups in total. The molecule has 38 heavy (non-hydrogen) atoms. The topological polar surface area (TPSA) is 94.2 Å². The summed E-state index contributed by atoms with van der Waals surface area (Å²) in [6.07, 6.45) is 1.53. The van der Waals surface area contributed by atoms with Crippen LogP contribution in [0.1, 0.15) is 11.1 Å². The molecule has 4 rings (SSSR count). The lowest BCUT2D eigenvalue weighted by Gasteiger charge is -2.14. The number of thioether (sulfide) groups is 1. The Kier molecular flexibility index (Phi) is 9.18. The maximum Gasteiger partial charge on any atom is 0.294 e. The molecule has 196 valence electrons. The van der Waals surface area contributed by atoms with Crippen molar-refractivity contribution >= 4 is 74.8 Å². The summed E-state index contributed by atoms with van der Waals surface area (Å²) in [5, 5.41) is 2.41. The average molecular weight is 665 g/mol. The molecule has 0 aliphatic carbocycles. The molecule has 3 aromatic carbocycles. The van der Waals surface area contributed by atoms with Crippen molar-refractivity contribution < 1.29 is 28.6 Å². The molecule has 0 aromatic heterocycles. The molecule has 0 spiro atoms. The molecule has 1 fully saturated rings. The Bertz CT molecular complexity index is 1400. The number of rotatable bonds is 9. The number of benzene rings is 3. The van der Waals surface area contributed by atoms with Crippen molar-refractivity contribution in [2.75, 3.05) is 26.1 Å². The van der Waals surface area contributed by atoms with E-state index in [4.69, 9.17) is 25.8 Å². The normalized spacial score (nSPS) is 14.1. The van der Waals surface area contributed by atoms with E-state index in [0.717, 1.165) is 25.8 Å². The van der Waals surface area contributed by atoms with E-state index in [1.807, 2.05) is 24.3 Å². The van der Waals surface area contributed by atoms with Crippen molar-refractivity contribution in [2.24, 2.45) is 0 Å². The van der Waals surface area contributed by atoms with Gasteiger partial charge in [0.1, 0.15) is 18.9 Å². The Hall–Kier alpha value is -3.22. The maximum atomic E-state index is 12.9. The summed E-state index contributed by atoms with van der Waals surface area (Å²) >= 11 is 9.46. The predicted octanol–water partition coefficient (Wildman–Crippen LogP) is 6.22. The summed E-state index contributed by atoms with van der Waals surface area (Å²) in [6.45, 7) is -0.118. The van der Waals surface area contributed by atoms with E-state index in [0.29, 0.717) is 40.1 Å². The van der Waals surface area contributed by atoms with Crippen LogP contribution in [0.4, 0.5) is 10.5 Å². The second-order valence-electron chi connectivity index (χ2n) is 7.99. The van der Waals surface area contributed by atoms with Gasteiger partial charge in [-0.1, -0.05) is 23.7 Å². The number of anilines is 1. The highest BCUT2D eigenvalue weighted by atomic mass is 127. The fraction of sp³-hybridized carbons (Fsp3) is 0.148. The summed E-state index contributed by atoms with van der Waals surface area (Å²) in [7, 11) is 3.03. The third-order valence-electron chi connectivity index (χ3n) is 5.40. The fourth-order valence-electron chi connectivity index (χ4n) is 3.51. The largest absolute Gasteiger partial charge is 0.497 e. The number of hydrogen-bond donors (Lipinski definition) is 1. The Morgan fingerprint density at radius 3 is 2.42 bits per heavy atom. The minimum Gasteiger partial charge on any atom is -0.497 e. The number of carbonyl (C=O) groups is 3. The Labute approximate surface area is 242 Å². The number of halogens is 2. The standard InChI is InChI=1S/C27H22ClIN2O6S/c1-35-20-9-7-19(8-10-20)30-24(32)14-31-26(33)23(38-27(31)34)13-17-11-21(28)25(22(12-17)36-2)37-15-16-3-5-18(29)6-4-16/h3-13H,14-15H2,1-2H3,(H,30,32)/b23-13+. The van der Waals surface area contributed by atoms with Crippen LogP contribution in [0.5, 0.6) is 17.2 Å². The van der Waals surface area contributed by atoms with Crippen molar-refractivity contribution in [3.63, 3.8) is 0 Å². The predicted molar refractivity (Wildman–Crippen MR) is 156 cm³/mol. The number of nitrogens with zero attached hydrogens (tertiary/aromatic N) is 1. The lowest BCUT2D eigenvalue weighted by atomic mass is 10.1. The van der Waals surface area contributed by atoms with Crippen LogP contribution in [0.25, 0.3) is 6.08 Å². The minimum atomic E-state index is -0.570. The molecule has 3 aromatic rings. The first-order chi connectivity index (χ1) is 18.3. The van der Waals surface area contributed by atoms with Crippen LogP contribution in [0, 0.1) is 3.57 Å². The third-order valence-corrected chi connectivity index (χ3v) is 7.30. The van der Waals surface area contributed by atoms with Crippen molar-refractivity contribution in [3.05, 3.63) is 85.3 Å². The van der Waals surface area contributed by atoms with E-state index in [-0.39, 0.29) is 4.91 Å². The molecular weight excluding hydrogens is 643 g/mol. The van der Waals surface area contributed by atoms with Gasteiger partial charge in [-0.3, -0.25) is 19.3 Å². The quantitative estimate of drug-likeness (QED) is 0.215. The van der Waals surface area contributed by atoms with Crippen LogP contribution in [-0.2, 0) is 16.2 Å². The highest BCUT2D eigenvalue weighted by molar-refractivity contribution is 14.1. The van der Waals surface area contributed by atoms with Crippen molar-refractivity contribution in [2.45, 2.75) is 6.61 Å². The van der Waals surface area contributed by atoms with Gasteiger partial charge in [0.2, 0.25) is 5.91 Å². The van der Waals surface area contributed by atoms with Gasteiger partial charge in [0, 0.05) is 9.26 Å². The zero-order valence-corrected chi connectivity index (χ0v) is 24.1. The van der Waals surface area contributed by atoms with Gasteiger partial charge >= 0.3 is 0 Å². The van der Waals surface area contributed by atoms with E-state index in [2.05, 4.69) is 27.9 Å². The van der Waals surface area contributed by atoms with Gasteiger partial charge in [-0.2, -0.15) is 0 Å². The first-order valence-corrected chi connectivity index (χ1v) is 13.5. The summed E-state index contributed by atoms with van der Waals surface area (Å²) < 4.78 is 17.6. The summed E-state index contributed by atoms with van der Waals surface area (Å²) in [5.41, 5.74) is 2.03. The van der Waals surface area contributed by atoms with Gasteiger partial charge < -0.3 is 19.5 Å². The van der Waals surface area contributed by atoms with Gasteiger partial charge in [0.05, 0.1) is 24.1 Å². The molecule has 0 bridgehead atoms. The van der Waals surface area contributed by atoms with Crippen molar-refractivity contribution in [1.29, 1.82) is 0 Å². The Balaban J connectivity index is 1.44. The van der Waals surface area contributed by atoms with Crippen molar-refractivity contribution in [1.82, 2.24) is 4.90 Å². The van der Waals surface area contributed by atoms with E-state index in [9.17, 15) is 14.4 Å². The molecule has 8 nitrogen and oxygen atoms in total. The fourth-order valence-corrected chi connectivity index (χ4v) is 4.98. The summed E-state index contributed by atoms with van der Waals surface area (Å²) in [5.74, 6) is 0.319. The van der Waals surface area contributed by atoms with E-state index >= 15 is 0 Å². The van der Waals surface area contributed by atoms with Crippen LogP contribution < -0.4 is 19.5 Å². The highest BCUT2D eigenvalue weighted by Crippen LogP contribution is 2.39. The monoisotopic (exact) mass is 664 g/mol. The first-order valence-electron chi connectivity index (χ1n) is 11.2. The van der Waals surface area contributed by atoms with Gasteiger partial charge in [-0.05, 0) is 100 Å². The van der Waals surface area contributed by atoms with Crippen LogP contribution in [0.3, 0.4) is 0 Å². The van der Waals surface area contributed by atoms with E-state index in [1.165, 1.54) is 13.2 Å². The molecule has 1 aliphatic heterocycles. The van der Waals surface area contributed by atoms with Gasteiger partial charge in [-0.15, -0.1) is 0 Å². The third kappa shape index (κ3) is 6.80. The molecule has 1 saturated heterocycles. The highest BCUT2D eigenvalue weighted by Gasteiger charge is 2.36. The molecule has 11 heteroatoms. The molecule has 1 aliphatic rings. The Morgan fingerprint density at radius 2 is 1.76 bits per heavy atom. The van der Waals surface area contributed by atoms with Gasteiger partial charge in [0.25, 0.3) is 11.1 Å². The summed E-state index contributed by atoms with van der Waals surface area (Å²) in [4.78, 5) is 38.9. The molecular formula is C27H22ClIN2O6S. The van der Waals surface area contributed by atoms with E-state index in [1.54, 1.807) is 43.5 Å². The molecule has 0 radical (unpaired) electrons. The first kappa shape index (κ1) is 27.8. The maximum absolute atomic E-state index is 12.9. The smallest absolute Gasteiger partial charge is 0.294 e. The zero-order valence-electron chi connectivity index (χ0n) is 20.3. The second-order valence-corrected chi connectivity index (χ2v) is 10.6. The van der Waals surface area contributed by atoms with Crippen LogP contribution >= 0.6 is 46.0 Å². The van der Waals surface area contributed by atoms with Crippen LogP contribution in [0.15, 0.2) is 65.6 Å². The van der Waals surface area contributed by atoms with Crippen molar-refractivity contribution in [3.8, 4) is 17.2 Å². The van der Waals surface area contributed by atoms with Gasteiger partial charge in [-0.25, -0.2) is 0 Å². The SMILES string of the molecule is COc1ccc(NC(=O)CN2C(=O)S/C(=C/c3cc(Cl)c(OCc4ccc(I)cc4)c(OC)c3)C2=O)cc1. The van der Waals surface area contributed by atoms with E-state index < -0.39 is 23.6 Å². The molecule has 1 heterocycles. The lowest BCUT2D eigenvalue weighted by Crippen LogP contribution is -2.36. The minimum absolute atomic E-state index is 0.165. The number of amides is 3. The Morgan fingerprint density at radius 1 is 1.05 bits per heavy atom. The molecule has 3 amide bonds. The molecule has 0 saturated carbocycles.